The number of rotatable bonds is 2. The van der Waals surface area contributed by atoms with Gasteiger partial charge in [0.05, 0.1) is 0 Å². The molecule has 0 aliphatic heterocycles. The molecule has 1 aliphatic rings. The molecule has 0 spiro atoms. The predicted molar refractivity (Wildman–Crippen MR) is 57.9 cm³/mol. The van der Waals surface area contributed by atoms with Crippen molar-refractivity contribution in [1.82, 2.24) is 0 Å². The van der Waals surface area contributed by atoms with Crippen LogP contribution < -0.4 is 5.73 Å². The van der Waals surface area contributed by atoms with E-state index in [1.807, 2.05) is 11.3 Å². The minimum atomic E-state index is 0.308. The molecule has 1 fully saturated rings. The second-order valence-electron chi connectivity index (χ2n) is 4.04. The van der Waals surface area contributed by atoms with Crippen molar-refractivity contribution in [1.29, 1.82) is 0 Å². The summed E-state index contributed by atoms with van der Waals surface area (Å²) in [5.74, 6) is 0.748. The second-order valence-corrected chi connectivity index (χ2v) is 4.99. The second kappa shape index (κ2) is 3.81. The van der Waals surface area contributed by atoms with E-state index in [4.69, 9.17) is 5.73 Å². The Hall–Kier alpha value is -0.340. The molecule has 72 valence electrons. The zero-order chi connectivity index (χ0) is 9.26. The number of nitrogens with two attached hydrogens (primary N) is 1. The summed E-state index contributed by atoms with van der Waals surface area (Å²) in [4.78, 5) is 1.41. The third-order valence-corrected chi connectivity index (χ3v) is 4.23. The lowest BCUT2D eigenvalue weighted by atomic mass is 9.96. The molecule has 13 heavy (non-hydrogen) atoms. The van der Waals surface area contributed by atoms with Crippen LogP contribution in [0.5, 0.6) is 0 Å². The van der Waals surface area contributed by atoms with Crippen LogP contribution in [0.2, 0.25) is 0 Å². The Balaban J connectivity index is 2.12. The van der Waals surface area contributed by atoms with E-state index in [9.17, 15) is 0 Å². The van der Waals surface area contributed by atoms with Crippen LogP contribution in [0.4, 0.5) is 0 Å². The highest BCUT2D eigenvalue weighted by Gasteiger charge is 2.24. The highest BCUT2D eigenvalue weighted by molar-refractivity contribution is 7.10. The van der Waals surface area contributed by atoms with Gasteiger partial charge in [0.25, 0.3) is 0 Å². The summed E-state index contributed by atoms with van der Waals surface area (Å²) in [6.45, 7) is 2.17. The van der Waals surface area contributed by atoms with Crippen molar-refractivity contribution in [2.45, 2.75) is 38.6 Å². The first kappa shape index (κ1) is 9.22. The molecule has 0 unspecified atom stereocenters. The van der Waals surface area contributed by atoms with Crippen LogP contribution in [-0.2, 0) is 0 Å². The highest BCUT2D eigenvalue weighted by atomic mass is 32.1. The summed E-state index contributed by atoms with van der Waals surface area (Å²) < 4.78 is 0. The zero-order valence-corrected chi connectivity index (χ0v) is 8.94. The Morgan fingerprint density at radius 3 is 2.69 bits per heavy atom. The van der Waals surface area contributed by atoms with Crippen molar-refractivity contribution in [3.05, 3.63) is 21.9 Å². The Morgan fingerprint density at radius 2 is 2.15 bits per heavy atom. The Morgan fingerprint density at radius 1 is 1.46 bits per heavy atom. The predicted octanol–water partition coefficient (Wildman–Crippen LogP) is 3.25. The Bertz CT molecular complexity index is 273. The van der Waals surface area contributed by atoms with Gasteiger partial charge in [-0.25, -0.2) is 0 Å². The number of hydrogen-bond acceptors (Lipinski definition) is 2. The fourth-order valence-corrected chi connectivity index (χ4v) is 3.28. The van der Waals surface area contributed by atoms with Crippen LogP contribution >= 0.6 is 11.3 Å². The maximum absolute atomic E-state index is 6.26. The molecule has 1 aromatic heterocycles. The highest BCUT2D eigenvalue weighted by Crippen LogP contribution is 2.36. The minimum absolute atomic E-state index is 0.308. The lowest BCUT2D eigenvalue weighted by Gasteiger charge is -2.18. The third kappa shape index (κ3) is 1.79. The normalized spacial score (nSPS) is 20.8. The molecule has 1 atom stereocenters. The van der Waals surface area contributed by atoms with E-state index >= 15 is 0 Å². The van der Waals surface area contributed by atoms with Crippen LogP contribution in [0.15, 0.2) is 11.4 Å². The fourth-order valence-electron chi connectivity index (χ4n) is 2.26. The summed E-state index contributed by atoms with van der Waals surface area (Å²) >= 11 is 1.82. The largest absolute Gasteiger partial charge is 0.323 e. The smallest absolute Gasteiger partial charge is 0.0421 e. The number of thiophene rings is 1. The Kier molecular flexibility index (Phi) is 2.70. The van der Waals surface area contributed by atoms with E-state index in [0.29, 0.717) is 6.04 Å². The van der Waals surface area contributed by atoms with Crippen LogP contribution in [0.25, 0.3) is 0 Å². The molecular weight excluding hydrogens is 178 g/mol. The molecule has 1 aromatic rings. The van der Waals surface area contributed by atoms with Gasteiger partial charge in [0, 0.05) is 10.9 Å². The van der Waals surface area contributed by atoms with E-state index in [-0.39, 0.29) is 0 Å². The first-order chi connectivity index (χ1) is 6.29. The molecule has 1 nitrogen and oxygen atoms in total. The van der Waals surface area contributed by atoms with Crippen molar-refractivity contribution < 1.29 is 0 Å². The average Bonchev–Trinajstić information content (AvgIpc) is 2.72. The van der Waals surface area contributed by atoms with Gasteiger partial charge < -0.3 is 5.73 Å². The van der Waals surface area contributed by atoms with E-state index < -0.39 is 0 Å². The van der Waals surface area contributed by atoms with Gasteiger partial charge >= 0.3 is 0 Å². The van der Waals surface area contributed by atoms with Gasteiger partial charge in [-0.1, -0.05) is 12.8 Å². The van der Waals surface area contributed by atoms with E-state index in [0.717, 1.165) is 5.92 Å². The first-order valence-corrected chi connectivity index (χ1v) is 5.96. The zero-order valence-electron chi connectivity index (χ0n) is 8.12. The molecule has 0 bridgehead atoms. The van der Waals surface area contributed by atoms with Crippen molar-refractivity contribution in [2.75, 3.05) is 0 Å². The van der Waals surface area contributed by atoms with Gasteiger partial charge in [-0.15, -0.1) is 11.3 Å². The summed E-state index contributed by atoms with van der Waals surface area (Å²) in [7, 11) is 0. The molecular formula is C11H17NS. The minimum Gasteiger partial charge on any atom is -0.323 e. The molecule has 1 heterocycles. The molecule has 0 saturated heterocycles. The lowest BCUT2D eigenvalue weighted by molar-refractivity contribution is 0.449. The van der Waals surface area contributed by atoms with Crippen LogP contribution in [0.3, 0.4) is 0 Å². The van der Waals surface area contributed by atoms with Gasteiger partial charge in [-0.05, 0) is 42.7 Å². The van der Waals surface area contributed by atoms with Crippen LogP contribution in [0.1, 0.15) is 42.2 Å². The molecule has 2 N–H and O–H groups in total. The lowest BCUT2D eigenvalue weighted by Crippen LogP contribution is -2.18. The molecule has 1 saturated carbocycles. The van der Waals surface area contributed by atoms with Crippen LogP contribution in [0, 0.1) is 12.8 Å². The third-order valence-electron chi connectivity index (χ3n) is 3.11. The first-order valence-electron chi connectivity index (χ1n) is 5.08. The molecule has 1 aliphatic carbocycles. The number of aryl methyl sites for hydroxylation is 1. The van der Waals surface area contributed by atoms with Crippen molar-refractivity contribution in [2.24, 2.45) is 11.7 Å². The van der Waals surface area contributed by atoms with Gasteiger partial charge in [0.15, 0.2) is 0 Å². The van der Waals surface area contributed by atoms with Crippen molar-refractivity contribution in [3.8, 4) is 0 Å². The molecule has 0 radical (unpaired) electrons. The maximum atomic E-state index is 6.26. The van der Waals surface area contributed by atoms with Crippen molar-refractivity contribution in [3.63, 3.8) is 0 Å². The molecule has 0 amide bonds. The summed E-state index contributed by atoms with van der Waals surface area (Å²) in [5, 5.41) is 2.15. The Labute approximate surface area is 84.0 Å². The maximum Gasteiger partial charge on any atom is 0.0421 e. The summed E-state index contributed by atoms with van der Waals surface area (Å²) in [5.41, 5.74) is 7.64. The van der Waals surface area contributed by atoms with Crippen LogP contribution in [-0.4, -0.2) is 0 Å². The van der Waals surface area contributed by atoms with Gasteiger partial charge in [0.1, 0.15) is 0 Å². The number of hydrogen-bond donors (Lipinski definition) is 1. The van der Waals surface area contributed by atoms with Gasteiger partial charge in [-0.3, -0.25) is 0 Å². The van der Waals surface area contributed by atoms with Gasteiger partial charge in [0.2, 0.25) is 0 Å². The molecule has 2 heteroatoms. The molecule has 0 aromatic carbocycles. The van der Waals surface area contributed by atoms with E-state index in [2.05, 4.69) is 18.4 Å². The summed E-state index contributed by atoms with van der Waals surface area (Å²) in [6.07, 6.45) is 5.42. The average molecular weight is 195 g/mol. The van der Waals surface area contributed by atoms with Crippen molar-refractivity contribution >= 4 is 11.3 Å². The SMILES string of the molecule is Cc1ccsc1[C@H](N)C1CCCC1. The summed E-state index contributed by atoms with van der Waals surface area (Å²) in [6, 6.07) is 2.48. The quantitative estimate of drug-likeness (QED) is 0.770. The van der Waals surface area contributed by atoms with E-state index in [1.54, 1.807) is 0 Å². The topological polar surface area (TPSA) is 26.0 Å². The molecule has 2 rings (SSSR count). The van der Waals surface area contributed by atoms with E-state index in [1.165, 1.54) is 36.1 Å². The fraction of sp³-hybridized carbons (Fsp3) is 0.636. The monoisotopic (exact) mass is 195 g/mol. The standard InChI is InChI=1S/C11H17NS/c1-8-6-7-13-11(8)10(12)9-4-2-3-5-9/h6-7,9-10H,2-5,12H2,1H3/t10-/m1/s1. The van der Waals surface area contributed by atoms with Gasteiger partial charge in [-0.2, -0.15) is 0 Å².